The Morgan fingerprint density at radius 3 is 2.95 bits per heavy atom. The van der Waals surface area contributed by atoms with Gasteiger partial charge in [-0.1, -0.05) is 0 Å². The number of carbonyl (C=O) groups is 1. The third-order valence-corrected chi connectivity index (χ3v) is 5.38. The van der Waals surface area contributed by atoms with Gasteiger partial charge in [-0.05, 0) is 43.1 Å². The molecule has 19 heavy (non-hydrogen) atoms. The lowest BCUT2D eigenvalue weighted by Crippen LogP contribution is -2.28. The first-order chi connectivity index (χ1) is 9.24. The summed E-state index contributed by atoms with van der Waals surface area (Å²) in [5.74, 6) is 3.46. The molecule has 0 radical (unpaired) electrons. The summed E-state index contributed by atoms with van der Waals surface area (Å²) in [5, 5.41) is 9.18. The van der Waals surface area contributed by atoms with E-state index in [1.807, 2.05) is 18.0 Å². The molecule has 0 spiro atoms. The number of hydrogen-bond acceptors (Lipinski definition) is 3. The summed E-state index contributed by atoms with van der Waals surface area (Å²) in [6.07, 6.45) is 7.12. The van der Waals surface area contributed by atoms with E-state index < -0.39 is 5.97 Å². The van der Waals surface area contributed by atoms with Gasteiger partial charge in [0.2, 0.25) is 0 Å². The van der Waals surface area contributed by atoms with E-state index in [0.29, 0.717) is 6.54 Å². The molecule has 5 heteroatoms. The monoisotopic (exact) mass is 280 g/mol. The Bertz CT molecular complexity index is 466. The quantitative estimate of drug-likeness (QED) is 0.922. The molecule has 3 heterocycles. The Hall–Kier alpha value is -0.970. The Labute approximate surface area is 117 Å². The predicted octanol–water partition coefficient (Wildman–Crippen LogP) is 2.22. The number of hydrogen-bond donors (Lipinski definition) is 1. The summed E-state index contributed by atoms with van der Waals surface area (Å²) in [4.78, 5) is 15.7. The highest BCUT2D eigenvalue weighted by Crippen LogP contribution is 2.28. The maximum Gasteiger partial charge on any atom is 0.308 e. The number of carboxylic acid groups (broad SMARTS) is 1. The van der Waals surface area contributed by atoms with Crippen LogP contribution in [0.2, 0.25) is 0 Å². The van der Waals surface area contributed by atoms with Crippen LogP contribution < -0.4 is 0 Å². The van der Waals surface area contributed by atoms with Gasteiger partial charge in [0, 0.05) is 24.9 Å². The molecule has 1 fully saturated rings. The molecule has 0 saturated carbocycles. The molecule has 0 aliphatic carbocycles. The number of imidazole rings is 1. The summed E-state index contributed by atoms with van der Waals surface area (Å²) in [6, 6.07) is 0. The van der Waals surface area contributed by atoms with Crippen LogP contribution in [0.1, 0.15) is 30.8 Å². The summed E-state index contributed by atoms with van der Waals surface area (Å²) >= 11 is 2.04. The molecule has 1 atom stereocenters. The maximum absolute atomic E-state index is 11.2. The fraction of sp³-hybridized carbons (Fsp3) is 0.714. The minimum Gasteiger partial charge on any atom is -0.481 e. The molecule has 1 saturated heterocycles. The van der Waals surface area contributed by atoms with E-state index in [1.165, 1.54) is 30.0 Å². The van der Waals surface area contributed by atoms with E-state index in [1.54, 1.807) is 0 Å². The van der Waals surface area contributed by atoms with Crippen LogP contribution in [-0.4, -0.2) is 32.1 Å². The summed E-state index contributed by atoms with van der Waals surface area (Å²) in [7, 11) is 0. The van der Waals surface area contributed by atoms with Crippen molar-refractivity contribution in [2.24, 2.45) is 11.8 Å². The zero-order valence-corrected chi connectivity index (χ0v) is 11.9. The Kier molecular flexibility index (Phi) is 3.82. The molecule has 1 unspecified atom stereocenters. The normalized spacial score (nSPS) is 24.1. The van der Waals surface area contributed by atoms with E-state index in [-0.39, 0.29) is 5.92 Å². The molecule has 1 N–H and O–H groups in total. The molecule has 0 amide bonds. The maximum atomic E-state index is 11.2. The second kappa shape index (κ2) is 5.57. The number of nitrogens with zero attached hydrogens (tertiary/aromatic N) is 2. The number of aromatic nitrogens is 2. The van der Waals surface area contributed by atoms with Crippen molar-refractivity contribution in [3.8, 4) is 0 Å². The van der Waals surface area contributed by atoms with Gasteiger partial charge < -0.3 is 9.67 Å². The minimum absolute atomic E-state index is 0.234. The van der Waals surface area contributed by atoms with Crippen LogP contribution >= 0.6 is 11.8 Å². The average molecular weight is 280 g/mol. The first kappa shape index (κ1) is 13.0. The van der Waals surface area contributed by atoms with Crippen LogP contribution in [0, 0.1) is 11.8 Å². The van der Waals surface area contributed by atoms with Crippen LogP contribution in [-0.2, 0) is 24.2 Å². The highest BCUT2D eigenvalue weighted by atomic mass is 32.2. The zero-order chi connectivity index (χ0) is 13.2. The van der Waals surface area contributed by atoms with Crippen LogP contribution in [0.5, 0.6) is 0 Å². The van der Waals surface area contributed by atoms with Gasteiger partial charge in [-0.25, -0.2) is 4.98 Å². The summed E-state index contributed by atoms with van der Waals surface area (Å²) in [6.45, 7) is 0.613. The third kappa shape index (κ3) is 2.81. The zero-order valence-electron chi connectivity index (χ0n) is 11.0. The molecule has 2 aliphatic rings. The number of thioether (sulfide) groups is 1. The van der Waals surface area contributed by atoms with E-state index in [4.69, 9.17) is 0 Å². The lowest BCUT2D eigenvalue weighted by atomic mass is 9.96. The number of aliphatic carboxylic acids is 1. The Morgan fingerprint density at radius 1 is 1.42 bits per heavy atom. The highest BCUT2D eigenvalue weighted by Gasteiger charge is 2.27. The van der Waals surface area contributed by atoms with Crippen LogP contribution in [0.3, 0.4) is 0 Å². The van der Waals surface area contributed by atoms with E-state index in [0.717, 1.165) is 31.0 Å². The molecule has 1 aromatic heterocycles. The average Bonchev–Trinajstić information content (AvgIpc) is 2.82. The third-order valence-electron chi connectivity index (χ3n) is 4.33. The Morgan fingerprint density at radius 2 is 2.21 bits per heavy atom. The van der Waals surface area contributed by atoms with Crippen molar-refractivity contribution < 1.29 is 9.90 Å². The van der Waals surface area contributed by atoms with Gasteiger partial charge in [0.1, 0.15) is 5.82 Å². The van der Waals surface area contributed by atoms with Crippen LogP contribution in [0.4, 0.5) is 0 Å². The minimum atomic E-state index is -0.667. The second-order valence-corrected chi connectivity index (χ2v) is 6.83. The largest absolute Gasteiger partial charge is 0.481 e. The predicted molar refractivity (Wildman–Crippen MR) is 75.4 cm³/mol. The van der Waals surface area contributed by atoms with Crippen molar-refractivity contribution in [2.45, 2.75) is 38.6 Å². The number of carboxylic acids is 1. The van der Waals surface area contributed by atoms with Crippen LogP contribution in [0.15, 0.2) is 6.20 Å². The topological polar surface area (TPSA) is 55.1 Å². The molecule has 3 rings (SSSR count). The van der Waals surface area contributed by atoms with E-state index in [2.05, 4.69) is 9.55 Å². The number of aryl methyl sites for hydroxylation is 1. The summed E-state index contributed by atoms with van der Waals surface area (Å²) in [5.41, 5.74) is 1.22. The van der Waals surface area contributed by atoms with Gasteiger partial charge in [-0.3, -0.25) is 4.79 Å². The SMILES string of the molecule is O=C(O)C1CCc2cnc(CC3CCSCC3)n2C1. The van der Waals surface area contributed by atoms with Crippen molar-refractivity contribution in [3.05, 3.63) is 17.7 Å². The molecule has 4 nitrogen and oxygen atoms in total. The van der Waals surface area contributed by atoms with Crippen molar-refractivity contribution in [1.29, 1.82) is 0 Å². The standard InChI is InChI=1S/C14H20N2O2S/c17-14(18)11-1-2-12-8-15-13(16(12)9-11)7-10-3-5-19-6-4-10/h8,10-11H,1-7,9H2,(H,17,18). The van der Waals surface area contributed by atoms with Crippen LogP contribution in [0.25, 0.3) is 0 Å². The number of fused-ring (bicyclic) bond motifs is 1. The fourth-order valence-corrected chi connectivity index (χ4v) is 4.29. The first-order valence-corrected chi connectivity index (χ1v) is 8.23. The Balaban J connectivity index is 1.73. The van der Waals surface area contributed by atoms with Crippen molar-refractivity contribution in [1.82, 2.24) is 9.55 Å². The van der Waals surface area contributed by atoms with Gasteiger partial charge >= 0.3 is 5.97 Å². The van der Waals surface area contributed by atoms with Gasteiger partial charge in [0.05, 0.1) is 5.92 Å². The fourth-order valence-electron chi connectivity index (χ4n) is 3.08. The molecule has 2 aliphatic heterocycles. The van der Waals surface area contributed by atoms with Crippen molar-refractivity contribution in [3.63, 3.8) is 0 Å². The lowest BCUT2D eigenvalue weighted by molar-refractivity contribution is -0.142. The summed E-state index contributed by atoms with van der Waals surface area (Å²) < 4.78 is 2.17. The molecule has 104 valence electrons. The first-order valence-electron chi connectivity index (χ1n) is 7.08. The van der Waals surface area contributed by atoms with Crippen molar-refractivity contribution >= 4 is 17.7 Å². The lowest BCUT2D eigenvalue weighted by Gasteiger charge is -2.25. The second-order valence-electron chi connectivity index (χ2n) is 5.61. The van der Waals surface area contributed by atoms with Gasteiger partial charge in [0.15, 0.2) is 0 Å². The van der Waals surface area contributed by atoms with Gasteiger partial charge in [-0.15, -0.1) is 0 Å². The smallest absolute Gasteiger partial charge is 0.308 e. The van der Waals surface area contributed by atoms with Gasteiger partial charge in [0.25, 0.3) is 0 Å². The van der Waals surface area contributed by atoms with E-state index >= 15 is 0 Å². The molecule has 1 aromatic rings. The molecular weight excluding hydrogens is 260 g/mol. The van der Waals surface area contributed by atoms with E-state index in [9.17, 15) is 9.90 Å². The van der Waals surface area contributed by atoms with Crippen molar-refractivity contribution in [2.75, 3.05) is 11.5 Å². The highest BCUT2D eigenvalue weighted by molar-refractivity contribution is 7.99. The molecule has 0 bridgehead atoms. The number of rotatable bonds is 3. The molecular formula is C14H20N2O2S. The molecule has 0 aromatic carbocycles. The van der Waals surface area contributed by atoms with Gasteiger partial charge in [-0.2, -0.15) is 11.8 Å².